The maximum absolute atomic E-state index is 13.8. The van der Waals surface area contributed by atoms with Gasteiger partial charge in [-0.2, -0.15) is 0 Å². The molecule has 0 bridgehead atoms. The van der Waals surface area contributed by atoms with Crippen LogP contribution in [0.3, 0.4) is 0 Å². The summed E-state index contributed by atoms with van der Waals surface area (Å²) in [5.41, 5.74) is 4.55. The number of aromatic carboxylic acids is 1. The van der Waals surface area contributed by atoms with Gasteiger partial charge in [-0.25, -0.2) is 9.18 Å². The van der Waals surface area contributed by atoms with Crippen LogP contribution >= 0.6 is 0 Å². The molecular formula is C27H24FNO4. The third kappa shape index (κ3) is 3.56. The molecule has 1 aliphatic heterocycles. The van der Waals surface area contributed by atoms with E-state index < -0.39 is 5.97 Å². The van der Waals surface area contributed by atoms with Crippen LogP contribution in [0.2, 0.25) is 0 Å². The van der Waals surface area contributed by atoms with Crippen LogP contribution < -0.4 is 0 Å². The van der Waals surface area contributed by atoms with Gasteiger partial charge >= 0.3 is 5.97 Å². The number of hydrogen-bond acceptors (Lipinski definition) is 3. The molecule has 0 amide bonds. The first-order valence-corrected chi connectivity index (χ1v) is 11.0. The highest BCUT2D eigenvalue weighted by atomic mass is 19.1. The van der Waals surface area contributed by atoms with Crippen LogP contribution in [0.4, 0.5) is 4.39 Å². The Labute approximate surface area is 190 Å². The Kier molecular flexibility index (Phi) is 5.38. The Bertz CT molecular complexity index is 1350. The van der Waals surface area contributed by atoms with Gasteiger partial charge in [-0.05, 0) is 67.3 Å². The fourth-order valence-corrected chi connectivity index (χ4v) is 4.87. The molecule has 0 spiro atoms. The van der Waals surface area contributed by atoms with E-state index in [2.05, 4.69) is 0 Å². The van der Waals surface area contributed by atoms with Gasteiger partial charge in [0.25, 0.3) is 0 Å². The van der Waals surface area contributed by atoms with Crippen LogP contribution in [0, 0.1) is 12.7 Å². The summed E-state index contributed by atoms with van der Waals surface area (Å²) in [5, 5.41) is 21.8. The molecule has 168 valence electrons. The average molecular weight is 445 g/mol. The van der Waals surface area contributed by atoms with Gasteiger partial charge in [-0.1, -0.05) is 24.3 Å². The number of carboxylic acids is 1. The van der Waals surface area contributed by atoms with E-state index in [-0.39, 0.29) is 23.0 Å². The van der Waals surface area contributed by atoms with Crippen LogP contribution in [0.15, 0.2) is 60.7 Å². The molecular weight excluding hydrogens is 421 g/mol. The fraction of sp³-hybridized carbons (Fsp3) is 0.222. The van der Waals surface area contributed by atoms with Crippen molar-refractivity contribution in [3.05, 3.63) is 83.3 Å². The van der Waals surface area contributed by atoms with Crippen LogP contribution in [-0.2, 0) is 4.74 Å². The van der Waals surface area contributed by atoms with E-state index in [4.69, 9.17) is 4.74 Å². The summed E-state index contributed by atoms with van der Waals surface area (Å²) in [5.74, 6) is -1.17. The first kappa shape index (κ1) is 21.2. The van der Waals surface area contributed by atoms with Gasteiger partial charge in [0.2, 0.25) is 0 Å². The molecule has 2 heterocycles. The molecule has 1 aliphatic rings. The lowest BCUT2D eigenvalue weighted by atomic mass is 9.88. The zero-order valence-corrected chi connectivity index (χ0v) is 18.2. The van der Waals surface area contributed by atoms with Gasteiger partial charge in [-0.3, -0.25) is 0 Å². The standard InChI is InChI=1S/C27H24FNO4/c1-16-6-11-22-24(26(16)30)23(20-4-2-3-5-21(20)27(31)32)25(17-12-14-33-15-13-17)29(22)19-9-7-18(28)8-10-19/h2-11,17,30H,12-15H2,1H3,(H,31,32). The number of phenols is 1. The van der Waals surface area contributed by atoms with E-state index in [1.54, 1.807) is 30.3 Å². The Morgan fingerprint density at radius 2 is 1.73 bits per heavy atom. The Hall–Kier alpha value is -3.64. The van der Waals surface area contributed by atoms with Crippen molar-refractivity contribution in [3.8, 4) is 22.6 Å². The number of halogens is 1. The zero-order valence-electron chi connectivity index (χ0n) is 18.2. The van der Waals surface area contributed by atoms with Gasteiger partial charge in [0.05, 0.1) is 16.5 Å². The second-order valence-corrected chi connectivity index (χ2v) is 8.43. The van der Waals surface area contributed by atoms with E-state index in [1.807, 2.05) is 29.7 Å². The highest BCUT2D eigenvalue weighted by Gasteiger charge is 2.31. The highest BCUT2D eigenvalue weighted by molar-refractivity contribution is 6.08. The van der Waals surface area contributed by atoms with Gasteiger partial charge in [-0.15, -0.1) is 0 Å². The van der Waals surface area contributed by atoms with Crippen molar-refractivity contribution < 1.29 is 24.1 Å². The molecule has 4 aromatic rings. The average Bonchev–Trinajstić information content (AvgIpc) is 3.18. The molecule has 0 radical (unpaired) electrons. The van der Waals surface area contributed by atoms with E-state index in [0.717, 1.165) is 29.7 Å². The van der Waals surface area contributed by atoms with Crippen molar-refractivity contribution in [2.24, 2.45) is 0 Å². The number of aromatic nitrogens is 1. The lowest BCUT2D eigenvalue weighted by Crippen LogP contribution is -2.17. The number of ether oxygens (including phenoxy) is 1. The topological polar surface area (TPSA) is 71.7 Å². The second kappa shape index (κ2) is 8.37. The van der Waals surface area contributed by atoms with Crippen molar-refractivity contribution in [3.63, 3.8) is 0 Å². The first-order valence-electron chi connectivity index (χ1n) is 11.0. The quantitative estimate of drug-likeness (QED) is 0.402. The predicted molar refractivity (Wildman–Crippen MR) is 125 cm³/mol. The van der Waals surface area contributed by atoms with E-state index in [1.165, 1.54) is 12.1 Å². The number of carboxylic acid groups (broad SMARTS) is 1. The number of rotatable bonds is 4. The number of carbonyl (C=O) groups is 1. The number of phenolic OH excluding ortho intramolecular Hbond substituents is 1. The van der Waals surface area contributed by atoms with Crippen molar-refractivity contribution in [1.82, 2.24) is 4.57 Å². The number of aryl methyl sites for hydroxylation is 1. The lowest BCUT2D eigenvalue weighted by molar-refractivity contribution is 0.0697. The first-order chi connectivity index (χ1) is 16.0. The molecule has 0 atom stereocenters. The molecule has 5 rings (SSSR count). The maximum Gasteiger partial charge on any atom is 0.336 e. The molecule has 1 saturated heterocycles. The molecule has 1 fully saturated rings. The molecule has 0 aliphatic carbocycles. The molecule has 2 N–H and O–H groups in total. The summed E-state index contributed by atoms with van der Waals surface area (Å²) in [6, 6.07) is 16.9. The maximum atomic E-state index is 13.8. The van der Waals surface area contributed by atoms with Gasteiger partial charge < -0.3 is 19.5 Å². The molecule has 0 unspecified atom stereocenters. The number of aromatic hydroxyl groups is 1. The number of nitrogens with zero attached hydrogens (tertiary/aromatic N) is 1. The van der Waals surface area contributed by atoms with Gasteiger partial charge in [0.1, 0.15) is 11.6 Å². The SMILES string of the molecule is Cc1ccc2c(c1O)c(-c1ccccc1C(=O)O)c(C1CCOCC1)n2-c1ccc(F)cc1. The molecule has 0 saturated carbocycles. The lowest BCUT2D eigenvalue weighted by Gasteiger charge is -2.26. The van der Waals surface area contributed by atoms with E-state index in [9.17, 15) is 19.4 Å². The Morgan fingerprint density at radius 1 is 1.03 bits per heavy atom. The molecule has 6 heteroatoms. The van der Waals surface area contributed by atoms with Crippen molar-refractivity contribution in [1.29, 1.82) is 0 Å². The summed E-state index contributed by atoms with van der Waals surface area (Å²) in [4.78, 5) is 12.2. The minimum absolute atomic E-state index is 0.0766. The van der Waals surface area contributed by atoms with Gasteiger partial charge in [0, 0.05) is 36.1 Å². The monoisotopic (exact) mass is 445 g/mol. The molecule has 1 aromatic heterocycles. The largest absolute Gasteiger partial charge is 0.507 e. The Balaban J connectivity index is 1.96. The van der Waals surface area contributed by atoms with E-state index >= 15 is 0 Å². The third-order valence-electron chi connectivity index (χ3n) is 6.47. The normalized spacial score (nSPS) is 14.6. The summed E-state index contributed by atoms with van der Waals surface area (Å²) in [6.07, 6.45) is 1.53. The highest BCUT2D eigenvalue weighted by Crippen LogP contribution is 2.47. The summed E-state index contributed by atoms with van der Waals surface area (Å²) in [6.45, 7) is 3.02. The zero-order chi connectivity index (χ0) is 23.1. The molecule has 5 nitrogen and oxygen atoms in total. The van der Waals surface area contributed by atoms with Crippen LogP contribution in [0.25, 0.3) is 27.7 Å². The van der Waals surface area contributed by atoms with E-state index in [0.29, 0.717) is 35.3 Å². The smallest absolute Gasteiger partial charge is 0.336 e. The predicted octanol–water partition coefficient (Wildman–Crippen LogP) is 6.04. The molecule has 3 aromatic carbocycles. The summed E-state index contributed by atoms with van der Waals surface area (Å²) < 4.78 is 21.4. The van der Waals surface area contributed by atoms with Crippen LogP contribution in [0.5, 0.6) is 5.75 Å². The molecule has 33 heavy (non-hydrogen) atoms. The third-order valence-corrected chi connectivity index (χ3v) is 6.47. The van der Waals surface area contributed by atoms with Crippen molar-refractivity contribution in [2.45, 2.75) is 25.7 Å². The minimum Gasteiger partial charge on any atom is -0.507 e. The number of benzene rings is 3. The number of fused-ring (bicyclic) bond motifs is 1. The van der Waals surface area contributed by atoms with Crippen LogP contribution in [-0.4, -0.2) is 34.0 Å². The van der Waals surface area contributed by atoms with Gasteiger partial charge in [0.15, 0.2) is 0 Å². The summed E-state index contributed by atoms with van der Waals surface area (Å²) >= 11 is 0. The summed E-state index contributed by atoms with van der Waals surface area (Å²) in [7, 11) is 0. The van der Waals surface area contributed by atoms with Crippen molar-refractivity contribution in [2.75, 3.05) is 13.2 Å². The fourth-order valence-electron chi connectivity index (χ4n) is 4.87. The second-order valence-electron chi connectivity index (χ2n) is 8.43. The van der Waals surface area contributed by atoms with Crippen molar-refractivity contribution >= 4 is 16.9 Å². The Morgan fingerprint density at radius 3 is 2.42 bits per heavy atom. The number of hydrogen-bond donors (Lipinski definition) is 2. The van der Waals surface area contributed by atoms with Crippen LogP contribution in [0.1, 0.15) is 40.4 Å². The minimum atomic E-state index is -1.03.